The van der Waals surface area contributed by atoms with Crippen molar-refractivity contribution in [1.29, 1.82) is 0 Å². The normalized spacial score (nSPS) is 10.2. The van der Waals surface area contributed by atoms with Crippen LogP contribution in [-0.2, 0) is 0 Å². The van der Waals surface area contributed by atoms with Gasteiger partial charge in [0.15, 0.2) is 5.16 Å². The van der Waals surface area contributed by atoms with Gasteiger partial charge in [-0.15, -0.1) is 12.6 Å². The predicted octanol–water partition coefficient (Wildman–Crippen LogP) is 3.62. The number of thiol groups is 1. The van der Waals surface area contributed by atoms with Crippen molar-refractivity contribution in [3.8, 4) is 0 Å². The number of nitrogens with zero attached hydrogens (tertiary/aromatic N) is 2. The molecule has 0 radical (unpaired) electrons. The summed E-state index contributed by atoms with van der Waals surface area (Å²) >= 11 is 10.7. The first-order valence-corrected chi connectivity index (χ1v) is 6.42. The molecule has 0 atom stereocenters. The fourth-order valence-electron chi connectivity index (χ4n) is 1.18. The summed E-state index contributed by atoms with van der Waals surface area (Å²) in [5, 5.41) is 0.600. The maximum atomic E-state index is 5.01. The summed E-state index contributed by atoms with van der Waals surface area (Å²) in [5.74, 6) is 0.620. The Morgan fingerprint density at radius 3 is 2.94 bits per heavy atom. The van der Waals surface area contributed by atoms with Crippen LogP contribution in [0.25, 0.3) is 6.08 Å². The van der Waals surface area contributed by atoms with E-state index in [0.29, 0.717) is 15.8 Å². The maximum absolute atomic E-state index is 5.01. The number of hydrogen-bond acceptors (Lipinski definition) is 5. The highest BCUT2D eigenvalue weighted by atomic mass is 32.2. The van der Waals surface area contributed by atoms with Crippen LogP contribution in [0.2, 0.25) is 0 Å². The maximum Gasteiger partial charge on any atom is 0.200 e. The van der Waals surface area contributed by atoms with Crippen molar-refractivity contribution in [2.75, 3.05) is 0 Å². The summed E-state index contributed by atoms with van der Waals surface area (Å²) in [6.07, 6.45) is 1.61. The van der Waals surface area contributed by atoms with Gasteiger partial charge in [-0.3, -0.25) is 0 Å². The number of rotatable bonds is 3. The van der Waals surface area contributed by atoms with E-state index in [1.807, 2.05) is 24.3 Å². The second-order valence-corrected chi connectivity index (χ2v) is 5.07. The Kier molecular flexibility index (Phi) is 3.98. The molecule has 1 aromatic heterocycles. The highest BCUT2D eigenvalue weighted by Gasteiger charge is 2.02. The van der Waals surface area contributed by atoms with E-state index in [2.05, 4.69) is 34.2 Å². The van der Waals surface area contributed by atoms with Gasteiger partial charge in [0, 0.05) is 9.79 Å². The number of benzene rings is 1. The summed E-state index contributed by atoms with van der Waals surface area (Å²) in [6, 6.07) is 7.77. The molecule has 0 unspecified atom stereocenters. The fourth-order valence-corrected chi connectivity index (χ4v) is 2.56. The lowest BCUT2D eigenvalue weighted by Crippen LogP contribution is -1.94. The molecule has 1 aromatic carbocycles. The summed E-state index contributed by atoms with van der Waals surface area (Å²) in [5.41, 5.74) is 0. The molecule has 0 aliphatic carbocycles. The third kappa shape index (κ3) is 3.42. The van der Waals surface area contributed by atoms with Crippen molar-refractivity contribution in [2.45, 2.75) is 14.9 Å². The van der Waals surface area contributed by atoms with Gasteiger partial charge in [0.2, 0.25) is 4.77 Å². The molecular weight excluding hydrogens is 270 g/mol. The second kappa shape index (κ2) is 5.48. The quantitative estimate of drug-likeness (QED) is 0.665. The van der Waals surface area contributed by atoms with Crippen LogP contribution in [0, 0.1) is 4.77 Å². The second-order valence-electron chi connectivity index (χ2n) is 3.13. The average Bonchev–Trinajstić information content (AvgIpc) is 2.28. The number of aromatic nitrogens is 3. The van der Waals surface area contributed by atoms with Gasteiger partial charge in [-0.05, 0) is 48.3 Å². The molecule has 2 rings (SSSR count). The third-order valence-corrected chi connectivity index (χ3v) is 3.19. The Bertz CT molecular complexity index is 607. The molecule has 1 heterocycles. The number of nitrogens with one attached hydrogen (secondary N) is 1. The van der Waals surface area contributed by atoms with Gasteiger partial charge in [-0.25, -0.2) is 4.98 Å². The SMILES string of the molecule is C=Cc1nc(Sc2cccc(S)c2)nc(=S)[nH]1. The Balaban J connectivity index is 2.33. The molecule has 3 nitrogen and oxygen atoms in total. The molecule has 0 aliphatic rings. The fraction of sp³-hybridized carbons (Fsp3) is 0. The number of hydrogen-bond donors (Lipinski definition) is 2. The molecule has 0 saturated heterocycles. The Hall–Kier alpha value is -1.11. The van der Waals surface area contributed by atoms with E-state index in [1.165, 1.54) is 11.8 Å². The van der Waals surface area contributed by atoms with E-state index in [1.54, 1.807) is 6.08 Å². The monoisotopic (exact) mass is 279 g/mol. The summed E-state index contributed by atoms with van der Waals surface area (Å²) in [6.45, 7) is 3.64. The van der Waals surface area contributed by atoms with Gasteiger partial charge in [0.05, 0.1) is 0 Å². The van der Waals surface area contributed by atoms with Crippen molar-refractivity contribution in [2.24, 2.45) is 0 Å². The van der Waals surface area contributed by atoms with Crippen molar-refractivity contribution in [3.05, 3.63) is 41.4 Å². The molecular formula is C11H9N3S3. The molecule has 0 amide bonds. The smallest absolute Gasteiger partial charge is 0.200 e. The van der Waals surface area contributed by atoms with E-state index >= 15 is 0 Å². The van der Waals surface area contributed by atoms with Crippen LogP contribution in [0.15, 0.2) is 45.8 Å². The van der Waals surface area contributed by atoms with Crippen LogP contribution in [-0.4, -0.2) is 15.0 Å². The van der Waals surface area contributed by atoms with E-state index in [0.717, 1.165) is 9.79 Å². The highest BCUT2D eigenvalue weighted by Crippen LogP contribution is 2.25. The molecule has 1 N–H and O–H groups in total. The molecule has 0 fully saturated rings. The topological polar surface area (TPSA) is 41.6 Å². The standard InChI is InChI=1S/C11H9N3S3/c1-2-9-12-10(16)14-11(13-9)17-8-5-3-4-7(15)6-8/h2-6,15H,1H2,(H,12,13,14,16). The lowest BCUT2D eigenvalue weighted by molar-refractivity contribution is 0.875. The highest BCUT2D eigenvalue weighted by molar-refractivity contribution is 7.99. The van der Waals surface area contributed by atoms with Crippen molar-refractivity contribution < 1.29 is 0 Å². The molecule has 0 spiro atoms. The molecule has 17 heavy (non-hydrogen) atoms. The molecule has 0 saturated carbocycles. The van der Waals surface area contributed by atoms with Crippen LogP contribution in [0.4, 0.5) is 0 Å². The van der Waals surface area contributed by atoms with Gasteiger partial charge in [0.1, 0.15) is 5.82 Å². The van der Waals surface area contributed by atoms with Crippen LogP contribution < -0.4 is 0 Å². The van der Waals surface area contributed by atoms with Gasteiger partial charge < -0.3 is 4.98 Å². The molecule has 86 valence electrons. The zero-order chi connectivity index (χ0) is 12.3. The predicted molar refractivity (Wildman–Crippen MR) is 75.1 cm³/mol. The van der Waals surface area contributed by atoms with Crippen molar-refractivity contribution in [3.63, 3.8) is 0 Å². The van der Waals surface area contributed by atoms with Crippen molar-refractivity contribution >= 4 is 42.7 Å². The third-order valence-electron chi connectivity index (χ3n) is 1.87. The van der Waals surface area contributed by atoms with Gasteiger partial charge in [0.25, 0.3) is 0 Å². The minimum Gasteiger partial charge on any atom is -0.315 e. The molecule has 0 bridgehead atoms. The lowest BCUT2D eigenvalue weighted by Gasteiger charge is -2.01. The van der Waals surface area contributed by atoms with Crippen molar-refractivity contribution in [1.82, 2.24) is 15.0 Å². The van der Waals surface area contributed by atoms with Crippen LogP contribution in [0.5, 0.6) is 0 Å². The van der Waals surface area contributed by atoms with Crippen LogP contribution >= 0.6 is 36.6 Å². The zero-order valence-electron chi connectivity index (χ0n) is 8.75. The first kappa shape index (κ1) is 12.3. The van der Waals surface area contributed by atoms with E-state index in [-0.39, 0.29) is 0 Å². The average molecular weight is 279 g/mol. The van der Waals surface area contributed by atoms with Gasteiger partial charge in [-0.2, -0.15) is 4.98 Å². The minimum absolute atomic E-state index is 0.402. The molecule has 0 aliphatic heterocycles. The Morgan fingerprint density at radius 1 is 1.41 bits per heavy atom. The molecule has 2 aromatic rings. The van der Waals surface area contributed by atoms with Crippen LogP contribution in [0.1, 0.15) is 5.82 Å². The number of aromatic amines is 1. The van der Waals surface area contributed by atoms with E-state index in [9.17, 15) is 0 Å². The Morgan fingerprint density at radius 2 is 2.24 bits per heavy atom. The minimum atomic E-state index is 0.402. The summed E-state index contributed by atoms with van der Waals surface area (Å²) in [7, 11) is 0. The Labute approximate surface area is 114 Å². The van der Waals surface area contributed by atoms with Crippen LogP contribution in [0.3, 0.4) is 0 Å². The van der Waals surface area contributed by atoms with E-state index in [4.69, 9.17) is 12.2 Å². The van der Waals surface area contributed by atoms with Gasteiger partial charge in [-0.1, -0.05) is 12.6 Å². The van der Waals surface area contributed by atoms with Gasteiger partial charge >= 0.3 is 0 Å². The lowest BCUT2D eigenvalue weighted by atomic mass is 10.4. The zero-order valence-corrected chi connectivity index (χ0v) is 11.3. The summed E-state index contributed by atoms with van der Waals surface area (Å²) in [4.78, 5) is 13.2. The summed E-state index contributed by atoms with van der Waals surface area (Å²) < 4.78 is 0.402. The first-order valence-electron chi connectivity index (χ1n) is 4.75. The van der Waals surface area contributed by atoms with E-state index < -0.39 is 0 Å². The first-order chi connectivity index (χ1) is 8.17. The number of H-pyrrole nitrogens is 1. The largest absolute Gasteiger partial charge is 0.315 e. The molecule has 6 heteroatoms.